The van der Waals surface area contributed by atoms with Crippen molar-refractivity contribution in [2.24, 2.45) is 5.92 Å². The highest BCUT2D eigenvalue weighted by molar-refractivity contribution is 5.78. The molecule has 0 aromatic carbocycles. The van der Waals surface area contributed by atoms with Gasteiger partial charge in [0.1, 0.15) is 0 Å². The number of aliphatic hydroxyl groups is 1. The van der Waals surface area contributed by atoms with Crippen LogP contribution in [0.25, 0.3) is 0 Å². The minimum Gasteiger partial charge on any atom is -0.395 e. The molecule has 2 aliphatic rings. The highest BCUT2D eigenvalue weighted by Gasteiger charge is 2.33. The molecule has 2 aliphatic heterocycles. The van der Waals surface area contributed by atoms with Crippen LogP contribution in [0.2, 0.25) is 0 Å². The van der Waals surface area contributed by atoms with Gasteiger partial charge in [-0.2, -0.15) is 0 Å². The molecule has 104 valence electrons. The minimum atomic E-state index is 0.171. The Bertz CT molecular complexity index is 296. The summed E-state index contributed by atoms with van der Waals surface area (Å²) in [7, 11) is 0. The Hall–Kier alpha value is -0.610. The topological polar surface area (TPSA) is 43.8 Å². The summed E-state index contributed by atoms with van der Waals surface area (Å²) >= 11 is 0. The van der Waals surface area contributed by atoms with Gasteiger partial charge >= 0.3 is 0 Å². The minimum absolute atomic E-state index is 0.171. The molecule has 0 spiro atoms. The van der Waals surface area contributed by atoms with Crippen molar-refractivity contribution in [1.29, 1.82) is 0 Å². The van der Waals surface area contributed by atoms with Crippen molar-refractivity contribution in [3.63, 3.8) is 0 Å². The molecule has 0 aliphatic carbocycles. The van der Waals surface area contributed by atoms with Crippen molar-refractivity contribution in [1.82, 2.24) is 9.80 Å². The van der Waals surface area contributed by atoms with Crippen LogP contribution in [0.4, 0.5) is 0 Å². The first-order chi connectivity index (χ1) is 8.63. The molecule has 0 aromatic rings. The number of likely N-dealkylation sites (tertiary alicyclic amines) is 2. The first-order valence-electron chi connectivity index (χ1n) is 7.28. The van der Waals surface area contributed by atoms with Crippen LogP contribution >= 0.6 is 0 Å². The molecule has 1 N–H and O–H groups in total. The van der Waals surface area contributed by atoms with E-state index in [0.717, 1.165) is 32.4 Å². The van der Waals surface area contributed by atoms with Gasteiger partial charge in [0, 0.05) is 18.6 Å². The van der Waals surface area contributed by atoms with Crippen LogP contribution < -0.4 is 0 Å². The van der Waals surface area contributed by atoms with Crippen LogP contribution in [0, 0.1) is 5.92 Å². The first-order valence-corrected chi connectivity index (χ1v) is 7.28. The molecule has 2 heterocycles. The predicted molar refractivity (Wildman–Crippen MR) is 71.3 cm³/mol. The average molecular weight is 254 g/mol. The standard InChI is InChI=1S/C14H26N2O2/c1-11-6-8-15(13(11)10-17)9-14(18)16-7-4-3-5-12(16)2/h11-13,17H,3-10H2,1-2H3. The second-order valence-corrected chi connectivity index (χ2v) is 5.92. The largest absolute Gasteiger partial charge is 0.395 e. The van der Waals surface area contributed by atoms with Gasteiger partial charge in [0.15, 0.2) is 0 Å². The number of aliphatic hydroxyl groups excluding tert-OH is 1. The molecule has 0 bridgehead atoms. The van der Waals surface area contributed by atoms with Gasteiger partial charge in [-0.15, -0.1) is 0 Å². The van der Waals surface area contributed by atoms with Gasteiger partial charge in [-0.25, -0.2) is 0 Å². The summed E-state index contributed by atoms with van der Waals surface area (Å²) in [6, 6.07) is 0.563. The molecule has 2 rings (SSSR count). The Kier molecular flexibility index (Phi) is 4.62. The van der Waals surface area contributed by atoms with E-state index >= 15 is 0 Å². The monoisotopic (exact) mass is 254 g/mol. The smallest absolute Gasteiger partial charge is 0.236 e. The zero-order valence-corrected chi connectivity index (χ0v) is 11.6. The van der Waals surface area contributed by atoms with Crippen molar-refractivity contribution >= 4 is 5.91 Å². The number of carbonyl (C=O) groups is 1. The van der Waals surface area contributed by atoms with E-state index < -0.39 is 0 Å². The fraction of sp³-hybridized carbons (Fsp3) is 0.929. The van der Waals surface area contributed by atoms with Crippen molar-refractivity contribution in [3.8, 4) is 0 Å². The lowest BCUT2D eigenvalue weighted by Gasteiger charge is -2.35. The number of hydrogen-bond donors (Lipinski definition) is 1. The molecular weight excluding hydrogens is 228 g/mol. The van der Waals surface area contributed by atoms with E-state index in [2.05, 4.69) is 18.7 Å². The predicted octanol–water partition coefficient (Wildman–Crippen LogP) is 1.09. The van der Waals surface area contributed by atoms with Gasteiger partial charge in [0.2, 0.25) is 5.91 Å². The summed E-state index contributed by atoms with van der Waals surface area (Å²) in [4.78, 5) is 16.5. The van der Waals surface area contributed by atoms with Crippen LogP contribution in [-0.4, -0.2) is 59.1 Å². The summed E-state index contributed by atoms with van der Waals surface area (Å²) in [5, 5.41) is 9.42. The molecule has 3 atom stereocenters. The zero-order valence-electron chi connectivity index (χ0n) is 11.6. The summed E-state index contributed by atoms with van der Waals surface area (Å²) in [6.07, 6.45) is 4.60. The third kappa shape index (κ3) is 2.86. The Morgan fingerprint density at radius 3 is 2.67 bits per heavy atom. The Morgan fingerprint density at radius 2 is 2.00 bits per heavy atom. The van der Waals surface area contributed by atoms with E-state index in [1.54, 1.807) is 0 Å². The van der Waals surface area contributed by atoms with Crippen LogP contribution in [-0.2, 0) is 4.79 Å². The number of nitrogens with zero attached hydrogens (tertiary/aromatic N) is 2. The molecule has 0 radical (unpaired) electrons. The van der Waals surface area contributed by atoms with Crippen molar-refractivity contribution in [2.45, 2.75) is 51.6 Å². The van der Waals surface area contributed by atoms with Crippen molar-refractivity contribution in [3.05, 3.63) is 0 Å². The summed E-state index contributed by atoms with van der Waals surface area (Å²) in [5.74, 6) is 0.747. The number of rotatable bonds is 3. The number of hydrogen-bond acceptors (Lipinski definition) is 3. The van der Waals surface area contributed by atoms with Crippen molar-refractivity contribution in [2.75, 3.05) is 26.2 Å². The Morgan fingerprint density at radius 1 is 1.22 bits per heavy atom. The maximum Gasteiger partial charge on any atom is 0.236 e. The van der Waals surface area contributed by atoms with Gasteiger partial charge in [0.25, 0.3) is 0 Å². The van der Waals surface area contributed by atoms with E-state index in [0.29, 0.717) is 18.5 Å². The van der Waals surface area contributed by atoms with Crippen LogP contribution in [0.3, 0.4) is 0 Å². The summed E-state index contributed by atoms with van der Waals surface area (Å²) in [6.45, 7) is 6.82. The molecule has 1 amide bonds. The van der Waals surface area contributed by atoms with Gasteiger partial charge in [-0.3, -0.25) is 9.69 Å². The average Bonchev–Trinajstić information content (AvgIpc) is 2.70. The molecule has 4 heteroatoms. The van der Waals surface area contributed by atoms with Crippen molar-refractivity contribution < 1.29 is 9.90 Å². The lowest BCUT2D eigenvalue weighted by molar-refractivity contribution is -0.136. The van der Waals surface area contributed by atoms with Gasteiger partial charge in [0.05, 0.1) is 13.2 Å². The lowest BCUT2D eigenvalue weighted by atomic mass is 10.0. The highest BCUT2D eigenvalue weighted by Crippen LogP contribution is 2.24. The number of amides is 1. The summed E-state index contributed by atoms with van der Waals surface area (Å²) in [5.41, 5.74) is 0. The van der Waals surface area contributed by atoms with E-state index in [-0.39, 0.29) is 18.6 Å². The Balaban J connectivity index is 1.90. The quantitative estimate of drug-likeness (QED) is 0.820. The fourth-order valence-electron chi connectivity index (χ4n) is 3.31. The third-order valence-corrected chi connectivity index (χ3v) is 4.65. The lowest BCUT2D eigenvalue weighted by Crippen LogP contribution is -2.48. The summed E-state index contributed by atoms with van der Waals surface area (Å²) < 4.78 is 0. The van der Waals surface area contributed by atoms with Gasteiger partial charge in [-0.05, 0) is 45.1 Å². The first kappa shape index (κ1) is 13.8. The SMILES string of the molecule is CC1CCN(CC(=O)N2CCCCC2C)C1CO. The highest BCUT2D eigenvalue weighted by atomic mass is 16.3. The molecule has 0 aromatic heterocycles. The maximum absolute atomic E-state index is 12.3. The zero-order chi connectivity index (χ0) is 13.1. The second-order valence-electron chi connectivity index (χ2n) is 5.92. The molecular formula is C14H26N2O2. The normalized spacial score (nSPS) is 33.9. The van der Waals surface area contributed by atoms with E-state index in [1.807, 2.05) is 4.90 Å². The Labute approximate surface area is 110 Å². The number of piperidine rings is 1. The van der Waals surface area contributed by atoms with Crippen LogP contribution in [0.1, 0.15) is 39.5 Å². The van der Waals surface area contributed by atoms with Gasteiger partial charge < -0.3 is 10.0 Å². The molecule has 3 unspecified atom stereocenters. The second kappa shape index (κ2) is 6.02. The third-order valence-electron chi connectivity index (χ3n) is 4.65. The van der Waals surface area contributed by atoms with Crippen LogP contribution in [0.5, 0.6) is 0 Å². The van der Waals surface area contributed by atoms with E-state index in [4.69, 9.17) is 0 Å². The molecule has 2 saturated heterocycles. The van der Waals surface area contributed by atoms with Gasteiger partial charge in [-0.1, -0.05) is 6.92 Å². The molecule has 4 nitrogen and oxygen atoms in total. The van der Waals surface area contributed by atoms with Crippen LogP contribution in [0.15, 0.2) is 0 Å². The molecule has 2 fully saturated rings. The van der Waals surface area contributed by atoms with E-state index in [1.165, 1.54) is 6.42 Å². The molecule has 18 heavy (non-hydrogen) atoms. The maximum atomic E-state index is 12.3. The molecule has 0 saturated carbocycles. The number of carbonyl (C=O) groups excluding carboxylic acids is 1. The van der Waals surface area contributed by atoms with E-state index in [9.17, 15) is 9.90 Å². The fourth-order valence-corrected chi connectivity index (χ4v) is 3.31.